The van der Waals surface area contributed by atoms with Gasteiger partial charge in [-0.25, -0.2) is 9.37 Å². The van der Waals surface area contributed by atoms with E-state index in [9.17, 15) is 9.18 Å². The number of alkyl halides is 2. The maximum atomic E-state index is 13.5. The lowest BCUT2D eigenvalue weighted by Crippen LogP contribution is -2.18. The van der Waals surface area contributed by atoms with Gasteiger partial charge in [0.2, 0.25) is 0 Å². The number of carbonyl (C=O) groups excluding carboxylic acids is 1. The first-order chi connectivity index (χ1) is 6.32. The molecule has 0 spiro atoms. The van der Waals surface area contributed by atoms with Gasteiger partial charge < -0.3 is 0 Å². The zero-order valence-electron chi connectivity index (χ0n) is 8.17. The number of halogens is 2. The van der Waals surface area contributed by atoms with Gasteiger partial charge in [-0.1, -0.05) is 15.9 Å². The van der Waals surface area contributed by atoms with E-state index in [0.717, 1.165) is 0 Å². The van der Waals surface area contributed by atoms with E-state index < -0.39 is 10.5 Å². The first-order valence-electron chi connectivity index (χ1n) is 4.12. The van der Waals surface area contributed by atoms with Crippen molar-refractivity contribution in [2.24, 2.45) is 0 Å². The summed E-state index contributed by atoms with van der Waals surface area (Å²) >= 11 is 4.46. The Morgan fingerprint density at radius 2 is 2.29 bits per heavy atom. The highest BCUT2D eigenvalue weighted by Crippen LogP contribution is 2.38. The molecule has 0 bridgehead atoms. The van der Waals surface area contributed by atoms with Crippen LogP contribution in [0.1, 0.15) is 40.3 Å². The Morgan fingerprint density at radius 1 is 1.71 bits per heavy atom. The van der Waals surface area contributed by atoms with Crippen molar-refractivity contribution < 1.29 is 9.18 Å². The number of hydrogen-bond donors (Lipinski definition) is 0. The van der Waals surface area contributed by atoms with Crippen molar-refractivity contribution in [3.8, 4) is 0 Å². The minimum atomic E-state index is -1.38. The van der Waals surface area contributed by atoms with Gasteiger partial charge >= 0.3 is 0 Å². The van der Waals surface area contributed by atoms with Gasteiger partial charge in [-0.2, -0.15) is 0 Å². The van der Waals surface area contributed by atoms with Crippen LogP contribution in [-0.4, -0.2) is 16.4 Å². The lowest BCUT2D eigenvalue weighted by molar-refractivity contribution is 0.102. The maximum Gasteiger partial charge on any atom is 0.171 e. The van der Waals surface area contributed by atoms with E-state index in [-0.39, 0.29) is 5.78 Å². The molecule has 0 aliphatic rings. The van der Waals surface area contributed by atoms with Crippen molar-refractivity contribution in [3.05, 3.63) is 16.1 Å². The summed E-state index contributed by atoms with van der Waals surface area (Å²) in [7, 11) is 0. The molecule has 0 amide bonds. The third-order valence-corrected chi connectivity index (χ3v) is 4.68. The van der Waals surface area contributed by atoms with E-state index in [1.807, 2.05) is 0 Å². The molecule has 5 heteroatoms. The van der Waals surface area contributed by atoms with Gasteiger partial charge in [0, 0.05) is 13.1 Å². The maximum absolute atomic E-state index is 13.5. The molecule has 14 heavy (non-hydrogen) atoms. The van der Waals surface area contributed by atoms with Crippen LogP contribution in [0, 0.1) is 0 Å². The van der Waals surface area contributed by atoms with Crippen molar-refractivity contribution in [2.75, 3.05) is 0 Å². The number of aromatic nitrogens is 1. The molecule has 0 N–H and O–H groups in total. The molecule has 2 nitrogen and oxygen atoms in total. The van der Waals surface area contributed by atoms with Gasteiger partial charge in [-0.3, -0.25) is 4.79 Å². The first kappa shape index (κ1) is 11.8. The van der Waals surface area contributed by atoms with Crippen LogP contribution in [0.25, 0.3) is 0 Å². The lowest BCUT2D eigenvalue weighted by atomic mass is 10.1. The molecule has 0 saturated heterocycles. The van der Waals surface area contributed by atoms with Gasteiger partial charge in [0.1, 0.15) is 10.7 Å². The molecule has 0 saturated carbocycles. The lowest BCUT2D eigenvalue weighted by Gasteiger charge is -2.18. The number of Topliss-reactive ketones (excluding diaryl/α,β-unsaturated/α-hetero) is 1. The van der Waals surface area contributed by atoms with Crippen molar-refractivity contribution >= 4 is 33.0 Å². The Bertz CT molecular complexity index is 345. The molecular formula is C9H11BrFNOS. The Morgan fingerprint density at radius 3 is 2.64 bits per heavy atom. The van der Waals surface area contributed by atoms with Crippen LogP contribution < -0.4 is 0 Å². The summed E-state index contributed by atoms with van der Waals surface area (Å²) in [6.07, 6.45) is 1.49. The van der Waals surface area contributed by atoms with Crippen molar-refractivity contribution in [1.29, 1.82) is 0 Å². The molecular weight excluding hydrogens is 269 g/mol. The van der Waals surface area contributed by atoms with E-state index >= 15 is 0 Å². The van der Waals surface area contributed by atoms with E-state index in [1.165, 1.54) is 38.3 Å². The molecule has 1 aromatic rings. The Balaban J connectivity index is 2.92. The zero-order valence-corrected chi connectivity index (χ0v) is 10.6. The summed E-state index contributed by atoms with van der Waals surface area (Å²) in [5.41, 5.74) is -1.38. The highest BCUT2D eigenvalue weighted by molar-refractivity contribution is 9.09. The van der Waals surface area contributed by atoms with Crippen molar-refractivity contribution in [1.82, 2.24) is 4.98 Å². The first-order valence-corrected chi connectivity index (χ1v) is 5.85. The predicted octanol–water partition coefficient (Wildman–Crippen LogP) is 3.53. The molecule has 1 aromatic heterocycles. The topological polar surface area (TPSA) is 30.0 Å². The smallest absolute Gasteiger partial charge is 0.171 e. The van der Waals surface area contributed by atoms with Crippen LogP contribution in [0.15, 0.2) is 6.20 Å². The van der Waals surface area contributed by atoms with Crippen molar-refractivity contribution in [3.63, 3.8) is 0 Å². The molecule has 0 aromatic carbocycles. The van der Waals surface area contributed by atoms with Crippen LogP contribution in [0.5, 0.6) is 0 Å². The number of rotatable bonds is 3. The van der Waals surface area contributed by atoms with E-state index in [0.29, 0.717) is 9.88 Å². The number of carbonyl (C=O) groups is 1. The second-order valence-corrected chi connectivity index (χ2v) is 5.52. The average molecular weight is 280 g/mol. The summed E-state index contributed by atoms with van der Waals surface area (Å²) in [5.74, 6) is -0.0369. The number of hydrogen-bond acceptors (Lipinski definition) is 3. The van der Waals surface area contributed by atoms with Crippen molar-refractivity contribution in [2.45, 2.75) is 31.3 Å². The minimum absolute atomic E-state index is 0.0369. The van der Waals surface area contributed by atoms with Gasteiger partial charge in [-0.05, 0) is 13.8 Å². The second-order valence-electron chi connectivity index (χ2n) is 3.55. The monoisotopic (exact) mass is 279 g/mol. The SMILES string of the molecule is CC(=O)c1cnc(C(Br)C(C)(C)F)s1. The Labute approximate surface area is 94.7 Å². The fourth-order valence-corrected chi connectivity index (χ4v) is 2.22. The van der Waals surface area contributed by atoms with E-state index in [2.05, 4.69) is 20.9 Å². The molecule has 78 valence electrons. The normalized spacial score (nSPS) is 14.1. The summed E-state index contributed by atoms with van der Waals surface area (Å²) in [6, 6.07) is 0. The molecule has 1 heterocycles. The molecule has 0 radical (unpaired) electrons. The van der Waals surface area contributed by atoms with Gasteiger partial charge in [-0.15, -0.1) is 11.3 Å². The summed E-state index contributed by atoms with van der Waals surface area (Å²) in [4.78, 5) is 15.1. The highest BCUT2D eigenvalue weighted by atomic mass is 79.9. The molecule has 1 unspecified atom stereocenters. The quantitative estimate of drug-likeness (QED) is 0.626. The van der Waals surface area contributed by atoms with Crippen LogP contribution in [0.3, 0.4) is 0 Å². The second kappa shape index (κ2) is 4.06. The summed E-state index contributed by atoms with van der Waals surface area (Å²) in [6.45, 7) is 4.42. The van der Waals surface area contributed by atoms with Crippen LogP contribution in [0.4, 0.5) is 4.39 Å². The fraction of sp³-hybridized carbons (Fsp3) is 0.556. The highest BCUT2D eigenvalue weighted by Gasteiger charge is 2.30. The summed E-state index contributed by atoms with van der Waals surface area (Å²) in [5, 5.41) is 0.600. The van der Waals surface area contributed by atoms with Crippen LogP contribution >= 0.6 is 27.3 Å². The minimum Gasteiger partial charge on any atom is -0.294 e. The molecule has 1 rings (SSSR count). The molecule has 0 fully saturated rings. The standard InChI is InChI=1S/C9H11BrFNOS/c1-5(13)6-4-12-8(14-6)7(10)9(2,3)11/h4,7H,1-3H3. The molecule has 0 aliphatic heterocycles. The van der Waals surface area contributed by atoms with E-state index in [1.54, 1.807) is 0 Å². The van der Waals surface area contributed by atoms with E-state index in [4.69, 9.17) is 0 Å². The van der Waals surface area contributed by atoms with Gasteiger partial charge in [0.25, 0.3) is 0 Å². The van der Waals surface area contributed by atoms with Crippen LogP contribution in [-0.2, 0) is 0 Å². The third kappa shape index (κ3) is 2.60. The fourth-order valence-electron chi connectivity index (χ4n) is 0.861. The van der Waals surface area contributed by atoms with Gasteiger partial charge in [0.15, 0.2) is 5.78 Å². The molecule has 1 atom stereocenters. The summed E-state index contributed by atoms with van der Waals surface area (Å²) < 4.78 is 13.5. The zero-order chi connectivity index (χ0) is 10.9. The number of ketones is 1. The third-order valence-electron chi connectivity index (χ3n) is 1.69. The van der Waals surface area contributed by atoms with Gasteiger partial charge in [0.05, 0.1) is 9.70 Å². The van der Waals surface area contributed by atoms with Crippen LogP contribution in [0.2, 0.25) is 0 Å². The average Bonchev–Trinajstić information content (AvgIpc) is 2.48. The molecule has 0 aliphatic carbocycles. The Hall–Kier alpha value is -0.290. The Kier molecular flexibility index (Phi) is 3.42. The number of thiazole rings is 1. The number of nitrogens with zero attached hydrogens (tertiary/aromatic N) is 1. The largest absolute Gasteiger partial charge is 0.294 e. The predicted molar refractivity (Wildman–Crippen MR) is 59.0 cm³/mol.